The van der Waals surface area contributed by atoms with E-state index in [2.05, 4.69) is 14.4 Å². The monoisotopic (exact) mass is 589 g/mol. The number of aliphatic hydroxyl groups is 1. The van der Waals surface area contributed by atoms with E-state index in [4.69, 9.17) is 9.84 Å². The largest absolute Gasteiger partial charge is 0.480 e. The number of amides is 1. The molecule has 1 amide bonds. The van der Waals surface area contributed by atoms with Crippen molar-refractivity contribution < 1.29 is 50.7 Å². The quantitative estimate of drug-likeness (QED) is 0.323. The second-order valence-electron chi connectivity index (χ2n) is 8.83. The molecule has 3 aromatic rings. The zero-order chi connectivity index (χ0) is 28.6. The van der Waals surface area contributed by atoms with Crippen molar-refractivity contribution in [3.05, 3.63) is 59.9 Å². The van der Waals surface area contributed by atoms with Crippen LogP contribution in [-0.2, 0) is 31.1 Å². The maximum Gasteiger partial charge on any atom is 0.452 e. The number of thiophene rings is 1. The van der Waals surface area contributed by atoms with E-state index in [-0.39, 0.29) is 34.4 Å². The van der Waals surface area contributed by atoms with Crippen molar-refractivity contribution in [1.82, 2.24) is 14.8 Å². The minimum atomic E-state index is -4.78. The van der Waals surface area contributed by atoms with Gasteiger partial charge in [0.2, 0.25) is 5.76 Å². The molecule has 1 aromatic carbocycles. The first-order chi connectivity index (χ1) is 18.3. The van der Waals surface area contributed by atoms with Gasteiger partial charge in [-0.2, -0.15) is 17.9 Å². The van der Waals surface area contributed by atoms with E-state index in [9.17, 15) is 36.3 Å². The van der Waals surface area contributed by atoms with Gasteiger partial charge in [-0.25, -0.2) is 13.2 Å². The molecule has 11 nitrogen and oxygen atoms in total. The molecule has 1 aliphatic rings. The van der Waals surface area contributed by atoms with Gasteiger partial charge >= 0.3 is 18.2 Å². The number of carboxylic acids is 1. The fourth-order valence-corrected chi connectivity index (χ4v) is 6.86. The van der Waals surface area contributed by atoms with Crippen LogP contribution in [0.1, 0.15) is 17.7 Å². The number of carbonyl (C=O) groups excluding carboxylic acids is 1. The third kappa shape index (κ3) is 5.36. The lowest BCUT2D eigenvalue weighted by atomic mass is 9.91. The van der Waals surface area contributed by atoms with Gasteiger partial charge < -0.3 is 24.4 Å². The number of hydrogen-bond donors (Lipinski definition) is 3. The van der Waals surface area contributed by atoms with E-state index in [1.54, 1.807) is 30.3 Å². The second kappa shape index (κ2) is 10.3. The first-order valence-electron chi connectivity index (χ1n) is 11.2. The maximum absolute atomic E-state index is 13.3. The van der Waals surface area contributed by atoms with Crippen molar-refractivity contribution >= 4 is 33.4 Å². The van der Waals surface area contributed by atoms with Gasteiger partial charge in [-0.05, 0) is 24.1 Å². The number of carbonyl (C=O) groups is 2. The Morgan fingerprint density at radius 1 is 1.23 bits per heavy atom. The number of ether oxygens (including phenoxy) is 1. The van der Waals surface area contributed by atoms with Crippen LogP contribution in [0.3, 0.4) is 0 Å². The fraction of sp³-hybridized carbons (Fsp3) is 0.348. The standard InChI is InChI=1S/C23H22F3N3O8S2/c1-29(9-10-30)20(33)36-13-21(14-5-3-2-4-6-14)12-22(21,19(31)32)28-39(34,35)18-8-7-16(38-18)15-11-17(37-27-15)23(24,25)26/h2-8,11,28,30H,9-10,12-13H2,1H3,(H,31,32). The highest BCUT2D eigenvalue weighted by Crippen LogP contribution is 2.59. The van der Waals surface area contributed by atoms with Crippen LogP contribution in [0.25, 0.3) is 10.6 Å². The SMILES string of the molecule is CN(CCO)C(=O)OCC1(c2ccccc2)CC1(NS(=O)(=O)c1ccc(-c2cc(C(F)(F)F)on2)s1)C(=O)O. The van der Waals surface area contributed by atoms with Crippen LogP contribution in [0.2, 0.25) is 0 Å². The molecule has 16 heteroatoms. The van der Waals surface area contributed by atoms with Crippen LogP contribution < -0.4 is 4.72 Å². The summed E-state index contributed by atoms with van der Waals surface area (Å²) in [6.07, 6.45) is -5.88. The highest BCUT2D eigenvalue weighted by molar-refractivity contribution is 7.91. The van der Waals surface area contributed by atoms with Gasteiger partial charge in [0, 0.05) is 19.7 Å². The van der Waals surface area contributed by atoms with Crippen molar-refractivity contribution in [3.63, 3.8) is 0 Å². The molecular weight excluding hydrogens is 567 g/mol. The third-order valence-corrected chi connectivity index (χ3v) is 9.43. The number of hydrogen-bond acceptors (Lipinski definition) is 9. The highest BCUT2D eigenvalue weighted by atomic mass is 32.2. The second-order valence-corrected chi connectivity index (χ2v) is 11.8. The Labute approximate surface area is 223 Å². The smallest absolute Gasteiger partial charge is 0.452 e. The number of carboxylic acid groups (broad SMARTS) is 1. The molecule has 0 spiro atoms. The van der Waals surface area contributed by atoms with Gasteiger partial charge in [-0.1, -0.05) is 35.5 Å². The van der Waals surface area contributed by atoms with Gasteiger partial charge in [-0.15, -0.1) is 11.3 Å². The average molecular weight is 590 g/mol. The Balaban J connectivity index is 1.64. The van der Waals surface area contributed by atoms with Crippen LogP contribution in [0, 0.1) is 0 Å². The van der Waals surface area contributed by atoms with Crippen molar-refractivity contribution in [2.45, 2.75) is 27.8 Å². The predicted octanol–water partition coefficient (Wildman–Crippen LogP) is 2.93. The summed E-state index contributed by atoms with van der Waals surface area (Å²) >= 11 is 0.572. The molecule has 1 fully saturated rings. The van der Waals surface area contributed by atoms with E-state index in [1.807, 2.05) is 0 Å². The lowest BCUT2D eigenvalue weighted by molar-refractivity contribution is -0.155. The molecule has 3 N–H and O–H groups in total. The predicted molar refractivity (Wildman–Crippen MR) is 129 cm³/mol. The fourth-order valence-electron chi connectivity index (χ4n) is 4.17. The van der Waals surface area contributed by atoms with Crippen LogP contribution in [0.4, 0.5) is 18.0 Å². The lowest BCUT2D eigenvalue weighted by Crippen LogP contribution is -2.50. The lowest BCUT2D eigenvalue weighted by Gasteiger charge is -2.25. The van der Waals surface area contributed by atoms with Crippen molar-refractivity contribution in [1.29, 1.82) is 0 Å². The Kier molecular flexibility index (Phi) is 7.50. The van der Waals surface area contributed by atoms with E-state index in [0.717, 1.165) is 11.0 Å². The van der Waals surface area contributed by atoms with Crippen molar-refractivity contribution in [3.8, 4) is 10.6 Å². The number of aliphatic carboxylic acids is 1. The first-order valence-corrected chi connectivity index (χ1v) is 13.5. The number of aromatic nitrogens is 1. The molecule has 0 aliphatic heterocycles. The van der Waals surface area contributed by atoms with Crippen LogP contribution in [0.5, 0.6) is 0 Å². The number of alkyl halides is 3. The van der Waals surface area contributed by atoms with Crippen molar-refractivity contribution in [2.75, 3.05) is 26.8 Å². The van der Waals surface area contributed by atoms with Crippen molar-refractivity contribution in [2.24, 2.45) is 0 Å². The zero-order valence-electron chi connectivity index (χ0n) is 20.1. The molecule has 0 saturated heterocycles. The Morgan fingerprint density at radius 2 is 1.92 bits per heavy atom. The van der Waals surface area contributed by atoms with Crippen LogP contribution in [0.15, 0.2) is 57.3 Å². The summed E-state index contributed by atoms with van der Waals surface area (Å²) in [5.74, 6) is -2.87. The number of aliphatic hydroxyl groups excluding tert-OH is 1. The van der Waals surface area contributed by atoms with E-state index < -0.39 is 51.6 Å². The minimum Gasteiger partial charge on any atom is -0.480 e. The van der Waals surface area contributed by atoms with Gasteiger partial charge in [0.1, 0.15) is 22.0 Å². The van der Waals surface area contributed by atoms with E-state index in [1.165, 1.54) is 13.1 Å². The number of nitrogens with one attached hydrogen (secondary N) is 1. The molecule has 0 radical (unpaired) electrons. The molecule has 0 bridgehead atoms. The molecule has 2 atom stereocenters. The summed E-state index contributed by atoms with van der Waals surface area (Å²) in [4.78, 5) is 26.0. The molecule has 4 rings (SSSR count). The summed E-state index contributed by atoms with van der Waals surface area (Å²) in [6, 6.07) is 11.0. The Morgan fingerprint density at radius 3 is 2.51 bits per heavy atom. The summed E-state index contributed by atoms with van der Waals surface area (Å²) in [5.41, 5.74) is -3.42. The highest BCUT2D eigenvalue weighted by Gasteiger charge is 2.75. The molecule has 2 aromatic heterocycles. The molecular formula is C23H22F3N3O8S2. The Hall–Kier alpha value is -3.47. The number of sulfonamides is 1. The first kappa shape index (κ1) is 28.5. The summed E-state index contributed by atoms with van der Waals surface area (Å²) in [6.45, 7) is -0.858. The molecule has 2 heterocycles. The zero-order valence-corrected chi connectivity index (χ0v) is 21.8. The van der Waals surface area contributed by atoms with Gasteiger partial charge in [0.15, 0.2) is 0 Å². The van der Waals surface area contributed by atoms with E-state index in [0.29, 0.717) is 23.0 Å². The van der Waals surface area contributed by atoms with Crippen LogP contribution >= 0.6 is 11.3 Å². The number of likely N-dealkylation sites (N-methyl/N-ethyl adjacent to an activating group) is 1. The van der Waals surface area contributed by atoms with E-state index >= 15 is 0 Å². The van der Waals surface area contributed by atoms with Crippen LogP contribution in [-0.4, -0.2) is 73.1 Å². The van der Waals surface area contributed by atoms with Gasteiger partial charge in [0.05, 0.1) is 16.9 Å². The average Bonchev–Trinajstić information content (AvgIpc) is 3.25. The minimum absolute atomic E-state index is 0.0371. The number of nitrogens with zero attached hydrogens (tertiary/aromatic N) is 2. The topological polar surface area (TPSA) is 159 Å². The maximum atomic E-state index is 13.3. The third-order valence-electron chi connectivity index (χ3n) is 6.34. The Bertz CT molecular complexity index is 1470. The number of halogens is 3. The summed E-state index contributed by atoms with van der Waals surface area (Å²) in [5, 5.41) is 22.6. The molecule has 210 valence electrons. The molecule has 1 saturated carbocycles. The normalized spacial score (nSPS) is 20.9. The summed E-state index contributed by atoms with van der Waals surface area (Å²) < 4.78 is 76.7. The summed E-state index contributed by atoms with van der Waals surface area (Å²) in [7, 11) is -3.16. The molecule has 1 aliphatic carbocycles. The number of benzene rings is 1. The molecule has 2 unspecified atom stereocenters. The molecule has 39 heavy (non-hydrogen) atoms. The van der Waals surface area contributed by atoms with Gasteiger partial charge in [0.25, 0.3) is 10.0 Å². The number of rotatable bonds is 10. The van der Waals surface area contributed by atoms with Gasteiger partial charge in [-0.3, -0.25) is 4.79 Å².